The van der Waals surface area contributed by atoms with E-state index in [1.165, 1.54) is 38.8 Å². The van der Waals surface area contributed by atoms with Crippen LogP contribution in [0.4, 0.5) is 5.69 Å². The van der Waals surface area contributed by atoms with E-state index in [2.05, 4.69) is 30.4 Å². The van der Waals surface area contributed by atoms with E-state index in [1.807, 2.05) is 12.1 Å². The summed E-state index contributed by atoms with van der Waals surface area (Å²) >= 11 is 0. The van der Waals surface area contributed by atoms with Crippen LogP contribution in [0.3, 0.4) is 0 Å². The maximum absolute atomic E-state index is 13.7. The molecule has 40 heavy (non-hydrogen) atoms. The lowest BCUT2D eigenvalue weighted by Gasteiger charge is -2.21. The largest absolute Gasteiger partial charge is 0.494 e. The lowest BCUT2D eigenvalue weighted by Crippen LogP contribution is -2.27. The molecular weight excluding hydrogens is 524 g/mol. The number of nitrogens with one attached hydrogen (secondary N) is 1. The summed E-state index contributed by atoms with van der Waals surface area (Å²) in [5, 5.41) is 0.608. The lowest BCUT2D eigenvalue weighted by molar-refractivity contribution is 0.103. The smallest absolute Gasteiger partial charge is 0.229 e. The van der Waals surface area contributed by atoms with E-state index in [4.69, 9.17) is 9.15 Å². The molecule has 7 nitrogen and oxygen atoms in total. The molecule has 1 N–H and O–H groups in total. The van der Waals surface area contributed by atoms with Gasteiger partial charge in [0.05, 0.1) is 18.4 Å². The Morgan fingerprint density at radius 1 is 0.875 bits per heavy atom. The van der Waals surface area contributed by atoms with Crippen LogP contribution in [0.15, 0.2) is 46.9 Å². The van der Waals surface area contributed by atoms with Crippen LogP contribution in [0, 0.1) is 0 Å². The molecule has 3 rings (SSSR count). The molecule has 0 aliphatic carbocycles. The Morgan fingerprint density at radius 3 is 2.15 bits per heavy atom. The Morgan fingerprint density at radius 2 is 1.52 bits per heavy atom. The van der Waals surface area contributed by atoms with Gasteiger partial charge in [-0.15, -0.1) is 0 Å². The fraction of sp³-hybridized carbons (Fsp3) is 0.531. The topological polar surface area (TPSA) is 88.8 Å². The number of fused-ring (bicyclic) bond motifs is 1. The van der Waals surface area contributed by atoms with Gasteiger partial charge in [0, 0.05) is 23.1 Å². The van der Waals surface area contributed by atoms with Gasteiger partial charge < -0.3 is 14.1 Å². The standard InChI is InChI=1S/C32H46N2O5S/c1-5-8-13-30-31(28-24-26(33-40(4,36)37)16-19-29(28)39-30)32(35)25-14-17-27(18-15-25)38-23-12-11-22-34(20-9-6-2)21-10-7-3/h14-19,24,33H,5-13,20-23H2,1-4H3. The number of carbonyl (C=O) groups excluding carboxylic acids is 1. The van der Waals surface area contributed by atoms with Crippen LogP contribution in [-0.4, -0.2) is 51.6 Å². The van der Waals surface area contributed by atoms with Crippen molar-refractivity contribution in [1.82, 2.24) is 4.90 Å². The summed E-state index contributed by atoms with van der Waals surface area (Å²) in [4.78, 5) is 16.3. The highest BCUT2D eigenvalue weighted by Gasteiger charge is 2.22. The van der Waals surface area contributed by atoms with E-state index >= 15 is 0 Å². The van der Waals surface area contributed by atoms with Gasteiger partial charge in [-0.2, -0.15) is 0 Å². The zero-order chi connectivity index (χ0) is 29.0. The number of aryl methyl sites for hydroxylation is 1. The Bertz CT molecular complexity index is 1310. The minimum atomic E-state index is -3.45. The molecule has 0 spiro atoms. The predicted molar refractivity (Wildman–Crippen MR) is 164 cm³/mol. The number of unbranched alkanes of at least 4 members (excludes halogenated alkanes) is 4. The molecule has 0 aliphatic heterocycles. The van der Waals surface area contributed by atoms with Crippen LogP contribution in [0.1, 0.15) is 93.8 Å². The second kappa shape index (κ2) is 15.8. The third kappa shape index (κ3) is 9.66. The summed E-state index contributed by atoms with van der Waals surface area (Å²) < 4.78 is 38.0. The van der Waals surface area contributed by atoms with Crippen molar-refractivity contribution in [3.63, 3.8) is 0 Å². The maximum atomic E-state index is 13.7. The second-order valence-electron chi connectivity index (χ2n) is 10.5. The van der Waals surface area contributed by atoms with Gasteiger partial charge in [0.1, 0.15) is 17.1 Å². The number of nitrogens with zero attached hydrogens (tertiary/aromatic N) is 1. The molecule has 3 aromatic rings. The zero-order valence-corrected chi connectivity index (χ0v) is 25.4. The van der Waals surface area contributed by atoms with E-state index in [9.17, 15) is 13.2 Å². The molecule has 0 aliphatic rings. The molecular formula is C32H46N2O5S. The molecule has 0 saturated carbocycles. The van der Waals surface area contributed by atoms with Crippen molar-refractivity contribution in [2.45, 2.75) is 78.6 Å². The Labute approximate surface area is 240 Å². The molecule has 1 aromatic heterocycles. The summed E-state index contributed by atoms with van der Waals surface area (Å²) in [7, 11) is -3.45. The monoisotopic (exact) mass is 570 g/mol. The molecule has 0 amide bonds. The Kier molecular flexibility index (Phi) is 12.5. The first-order valence-corrected chi connectivity index (χ1v) is 16.7. The first kappa shape index (κ1) is 31.7. The number of anilines is 1. The van der Waals surface area contributed by atoms with Gasteiger partial charge >= 0.3 is 0 Å². The summed E-state index contributed by atoms with van der Waals surface area (Å²) in [6.45, 7) is 10.7. The van der Waals surface area contributed by atoms with Gasteiger partial charge in [-0.1, -0.05) is 40.0 Å². The minimum absolute atomic E-state index is 0.146. The second-order valence-corrected chi connectivity index (χ2v) is 12.3. The summed E-state index contributed by atoms with van der Waals surface area (Å²) in [5.74, 6) is 1.23. The van der Waals surface area contributed by atoms with Crippen LogP contribution < -0.4 is 9.46 Å². The number of carbonyl (C=O) groups is 1. The van der Waals surface area contributed by atoms with Crippen LogP contribution in [0.25, 0.3) is 11.0 Å². The van der Waals surface area contributed by atoms with Gasteiger partial charge in [-0.05, 0) is 94.2 Å². The van der Waals surface area contributed by atoms with Crippen molar-refractivity contribution in [3.8, 4) is 5.75 Å². The van der Waals surface area contributed by atoms with Crippen LogP contribution >= 0.6 is 0 Å². The van der Waals surface area contributed by atoms with Crippen molar-refractivity contribution in [2.24, 2.45) is 0 Å². The van der Waals surface area contributed by atoms with Gasteiger partial charge in [-0.3, -0.25) is 9.52 Å². The van der Waals surface area contributed by atoms with Gasteiger partial charge in [0.15, 0.2) is 5.78 Å². The Hall–Kier alpha value is -2.84. The number of benzene rings is 2. The molecule has 0 bridgehead atoms. The van der Waals surface area contributed by atoms with Gasteiger partial charge in [0.2, 0.25) is 10.0 Å². The fourth-order valence-electron chi connectivity index (χ4n) is 4.76. The average Bonchev–Trinajstić information content (AvgIpc) is 3.29. The molecule has 0 unspecified atom stereocenters. The van der Waals surface area contributed by atoms with E-state index in [1.54, 1.807) is 30.3 Å². The van der Waals surface area contributed by atoms with Gasteiger partial charge in [-0.25, -0.2) is 8.42 Å². The van der Waals surface area contributed by atoms with Crippen molar-refractivity contribution in [1.29, 1.82) is 0 Å². The number of rotatable bonds is 19. The minimum Gasteiger partial charge on any atom is -0.494 e. The normalized spacial score (nSPS) is 11.8. The number of hydrogen-bond donors (Lipinski definition) is 1. The zero-order valence-electron chi connectivity index (χ0n) is 24.6. The third-order valence-electron chi connectivity index (χ3n) is 6.96. The number of ether oxygens (including phenoxy) is 1. The van der Waals surface area contributed by atoms with E-state index < -0.39 is 10.0 Å². The quantitative estimate of drug-likeness (QED) is 0.119. The van der Waals surface area contributed by atoms with Crippen molar-refractivity contribution < 1.29 is 22.4 Å². The molecule has 220 valence electrons. The third-order valence-corrected chi connectivity index (χ3v) is 7.56. The molecule has 0 radical (unpaired) electrons. The highest BCUT2D eigenvalue weighted by Crippen LogP contribution is 2.32. The van der Waals surface area contributed by atoms with Gasteiger partial charge in [0.25, 0.3) is 0 Å². The number of ketones is 1. The van der Waals surface area contributed by atoms with E-state index in [-0.39, 0.29) is 5.78 Å². The highest BCUT2D eigenvalue weighted by atomic mass is 32.2. The summed E-state index contributed by atoms with van der Waals surface area (Å²) in [5.41, 5.74) is 1.99. The first-order chi connectivity index (χ1) is 19.3. The molecule has 8 heteroatoms. The number of furan rings is 1. The molecule has 0 atom stereocenters. The van der Waals surface area contributed by atoms with Crippen molar-refractivity contribution in [3.05, 3.63) is 59.4 Å². The van der Waals surface area contributed by atoms with E-state index in [0.29, 0.717) is 46.6 Å². The SMILES string of the molecule is CCCCc1oc2ccc(NS(C)(=O)=O)cc2c1C(=O)c1ccc(OCCCCN(CCCC)CCCC)cc1. The molecule has 1 heterocycles. The maximum Gasteiger partial charge on any atom is 0.229 e. The fourth-order valence-corrected chi connectivity index (χ4v) is 5.32. The van der Waals surface area contributed by atoms with Crippen LogP contribution in [0.5, 0.6) is 5.75 Å². The van der Waals surface area contributed by atoms with Crippen molar-refractivity contribution >= 4 is 32.5 Å². The van der Waals surface area contributed by atoms with Crippen molar-refractivity contribution in [2.75, 3.05) is 37.2 Å². The Balaban J connectivity index is 1.66. The predicted octanol–water partition coefficient (Wildman–Crippen LogP) is 7.44. The molecule has 0 fully saturated rings. The van der Waals surface area contributed by atoms with Crippen LogP contribution in [0.2, 0.25) is 0 Å². The number of hydrogen-bond acceptors (Lipinski definition) is 6. The molecule has 0 saturated heterocycles. The summed E-state index contributed by atoms with van der Waals surface area (Å²) in [6, 6.07) is 12.3. The lowest BCUT2D eigenvalue weighted by atomic mass is 9.98. The first-order valence-electron chi connectivity index (χ1n) is 14.8. The number of sulfonamides is 1. The summed E-state index contributed by atoms with van der Waals surface area (Å²) in [6.07, 6.45) is 10.6. The van der Waals surface area contributed by atoms with E-state index in [0.717, 1.165) is 44.2 Å². The molecule has 2 aromatic carbocycles. The highest BCUT2D eigenvalue weighted by molar-refractivity contribution is 7.92. The van der Waals surface area contributed by atoms with Crippen LogP contribution in [-0.2, 0) is 16.4 Å². The average molecular weight is 571 g/mol.